The molecule has 0 spiro atoms. The summed E-state index contributed by atoms with van der Waals surface area (Å²) in [5.41, 5.74) is 5.59. The molecular weight excluding hydrogens is 446 g/mol. The number of hydrogen-bond donors (Lipinski definition) is 0. The third kappa shape index (κ3) is 4.88. The van der Waals surface area contributed by atoms with Crippen molar-refractivity contribution in [2.45, 2.75) is 58.4 Å². The van der Waals surface area contributed by atoms with Gasteiger partial charge in [0.05, 0.1) is 17.6 Å². The van der Waals surface area contributed by atoms with Gasteiger partial charge < -0.3 is 14.2 Å². The highest BCUT2D eigenvalue weighted by Crippen LogP contribution is 2.33. The van der Waals surface area contributed by atoms with E-state index in [1.54, 1.807) is 0 Å². The summed E-state index contributed by atoms with van der Waals surface area (Å²) in [4.78, 5) is 19.9. The number of imidazole rings is 1. The SMILES string of the molecule is CCc1ccc(N2CC(c3nc4ccccc4n3CCCOc3ccccc3C(C)C)CC2=O)cc1. The smallest absolute Gasteiger partial charge is 0.227 e. The van der Waals surface area contributed by atoms with Gasteiger partial charge in [-0.25, -0.2) is 4.98 Å². The van der Waals surface area contributed by atoms with Gasteiger partial charge in [0, 0.05) is 31.1 Å². The molecule has 0 saturated carbocycles. The van der Waals surface area contributed by atoms with Crippen LogP contribution in [0.15, 0.2) is 72.8 Å². The fourth-order valence-electron chi connectivity index (χ4n) is 5.18. The number of fused-ring (bicyclic) bond motifs is 1. The van der Waals surface area contributed by atoms with Crippen molar-refractivity contribution in [3.05, 3.63) is 89.7 Å². The van der Waals surface area contributed by atoms with Gasteiger partial charge in [-0.1, -0.05) is 63.2 Å². The van der Waals surface area contributed by atoms with E-state index in [2.05, 4.69) is 86.0 Å². The van der Waals surface area contributed by atoms with Crippen LogP contribution in [0.25, 0.3) is 11.0 Å². The first kappa shape index (κ1) is 24.1. The first-order chi connectivity index (χ1) is 17.5. The molecule has 3 aromatic carbocycles. The summed E-state index contributed by atoms with van der Waals surface area (Å²) in [6.07, 6.45) is 2.34. The Labute approximate surface area is 213 Å². The molecule has 0 radical (unpaired) electrons. The molecule has 0 aliphatic carbocycles. The Hall–Kier alpha value is -3.60. The quantitative estimate of drug-likeness (QED) is 0.250. The van der Waals surface area contributed by atoms with Gasteiger partial charge >= 0.3 is 0 Å². The molecule has 4 aromatic rings. The Balaban J connectivity index is 1.33. The van der Waals surface area contributed by atoms with Gasteiger partial charge in [0.1, 0.15) is 11.6 Å². The second-order valence-electron chi connectivity index (χ2n) is 9.93. The number of aryl methyl sites for hydroxylation is 2. The monoisotopic (exact) mass is 481 g/mol. The van der Waals surface area contributed by atoms with Gasteiger partial charge in [0.25, 0.3) is 0 Å². The number of ether oxygens (including phenoxy) is 1. The van der Waals surface area contributed by atoms with E-state index in [-0.39, 0.29) is 11.8 Å². The summed E-state index contributed by atoms with van der Waals surface area (Å²) in [6, 6.07) is 24.9. The topological polar surface area (TPSA) is 47.4 Å². The molecule has 1 amide bonds. The average Bonchev–Trinajstić information content (AvgIpc) is 3.47. The van der Waals surface area contributed by atoms with Crippen molar-refractivity contribution in [2.24, 2.45) is 0 Å². The van der Waals surface area contributed by atoms with E-state index in [0.717, 1.165) is 47.7 Å². The summed E-state index contributed by atoms with van der Waals surface area (Å²) in [5.74, 6) is 2.62. The minimum absolute atomic E-state index is 0.0679. The normalized spacial score (nSPS) is 15.8. The lowest BCUT2D eigenvalue weighted by atomic mass is 10.0. The van der Waals surface area contributed by atoms with Crippen LogP contribution in [0, 0.1) is 0 Å². The Morgan fingerprint density at radius 1 is 1.00 bits per heavy atom. The molecule has 0 bridgehead atoms. The van der Waals surface area contributed by atoms with Crippen molar-refractivity contribution in [3.8, 4) is 5.75 Å². The van der Waals surface area contributed by atoms with Crippen LogP contribution in [0.5, 0.6) is 5.75 Å². The molecule has 1 atom stereocenters. The first-order valence-corrected chi connectivity index (χ1v) is 13.1. The summed E-state index contributed by atoms with van der Waals surface area (Å²) < 4.78 is 8.49. The average molecular weight is 482 g/mol. The van der Waals surface area contributed by atoms with Gasteiger partial charge in [-0.05, 0) is 60.2 Å². The van der Waals surface area contributed by atoms with E-state index in [0.29, 0.717) is 25.5 Å². The van der Waals surface area contributed by atoms with E-state index in [4.69, 9.17) is 9.72 Å². The number of nitrogens with zero attached hydrogens (tertiary/aromatic N) is 3. The minimum Gasteiger partial charge on any atom is -0.493 e. The molecule has 2 heterocycles. The number of anilines is 1. The highest BCUT2D eigenvalue weighted by Gasteiger charge is 2.34. The van der Waals surface area contributed by atoms with E-state index in [1.807, 2.05) is 17.0 Å². The molecule has 1 fully saturated rings. The van der Waals surface area contributed by atoms with Crippen molar-refractivity contribution in [1.82, 2.24) is 9.55 Å². The maximum absolute atomic E-state index is 13.0. The molecular formula is C31H35N3O2. The minimum atomic E-state index is 0.0679. The lowest BCUT2D eigenvalue weighted by Gasteiger charge is -2.18. The number of para-hydroxylation sites is 3. The zero-order valence-corrected chi connectivity index (χ0v) is 21.5. The van der Waals surface area contributed by atoms with Crippen LogP contribution in [0.2, 0.25) is 0 Å². The number of hydrogen-bond acceptors (Lipinski definition) is 3. The molecule has 1 aliphatic rings. The third-order valence-electron chi connectivity index (χ3n) is 7.16. The Morgan fingerprint density at radius 3 is 2.53 bits per heavy atom. The van der Waals surface area contributed by atoms with Gasteiger partial charge in [-0.3, -0.25) is 4.79 Å². The van der Waals surface area contributed by atoms with Crippen LogP contribution in [0.3, 0.4) is 0 Å². The van der Waals surface area contributed by atoms with E-state index in [9.17, 15) is 4.79 Å². The number of amides is 1. The predicted octanol–water partition coefficient (Wildman–Crippen LogP) is 6.71. The molecule has 1 unspecified atom stereocenters. The molecule has 5 nitrogen and oxygen atoms in total. The summed E-state index contributed by atoms with van der Waals surface area (Å²) in [7, 11) is 0. The van der Waals surface area contributed by atoms with Crippen molar-refractivity contribution >= 4 is 22.6 Å². The number of carbonyl (C=O) groups excluding carboxylic acids is 1. The zero-order valence-electron chi connectivity index (χ0n) is 21.5. The molecule has 36 heavy (non-hydrogen) atoms. The maximum atomic E-state index is 13.0. The Kier molecular flexibility index (Phi) is 7.08. The third-order valence-corrected chi connectivity index (χ3v) is 7.16. The predicted molar refractivity (Wildman–Crippen MR) is 146 cm³/mol. The van der Waals surface area contributed by atoms with Crippen molar-refractivity contribution in [1.29, 1.82) is 0 Å². The number of carbonyl (C=O) groups is 1. The van der Waals surface area contributed by atoms with Crippen molar-refractivity contribution in [3.63, 3.8) is 0 Å². The number of rotatable bonds is 9. The highest BCUT2D eigenvalue weighted by molar-refractivity contribution is 5.96. The summed E-state index contributed by atoms with van der Waals surface area (Å²) in [5, 5.41) is 0. The fourth-order valence-corrected chi connectivity index (χ4v) is 5.18. The van der Waals surface area contributed by atoms with E-state index in [1.165, 1.54) is 11.1 Å². The number of aromatic nitrogens is 2. The molecule has 5 rings (SSSR count). The molecule has 5 heteroatoms. The zero-order chi connectivity index (χ0) is 25.1. The van der Waals surface area contributed by atoms with Gasteiger partial charge in [0.15, 0.2) is 0 Å². The van der Waals surface area contributed by atoms with Crippen LogP contribution >= 0.6 is 0 Å². The Bertz CT molecular complexity index is 1340. The van der Waals surface area contributed by atoms with E-state index >= 15 is 0 Å². The van der Waals surface area contributed by atoms with Crippen LogP contribution in [-0.4, -0.2) is 28.6 Å². The van der Waals surface area contributed by atoms with E-state index < -0.39 is 0 Å². The standard InChI is InChI=1S/C31H35N3O2/c1-4-23-14-16-25(17-15-23)34-21-24(20-30(34)35)31-32-27-11-6-7-12-28(27)33(31)18-9-19-36-29-13-8-5-10-26(29)22(2)3/h5-8,10-17,22,24H,4,9,18-21H2,1-3H3. The lowest BCUT2D eigenvalue weighted by Crippen LogP contribution is -2.24. The first-order valence-electron chi connectivity index (χ1n) is 13.1. The number of benzene rings is 3. The summed E-state index contributed by atoms with van der Waals surface area (Å²) in [6.45, 7) is 8.62. The largest absolute Gasteiger partial charge is 0.493 e. The van der Waals surface area contributed by atoms with Crippen LogP contribution in [-0.2, 0) is 17.8 Å². The highest BCUT2D eigenvalue weighted by atomic mass is 16.5. The van der Waals surface area contributed by atoms with Crippen molar-refractivity contribution < 1.29 is 9.53 Å². The molecule has 1 saturated heterocycles. The Morgan fingerprint density at radius 2 is 1.75 bits per heavy atom. The maximum Gasteiger partial charge on any atom is 0.227 e. The molecule has 186 valence electrons. The van der Waals surface area contributed by atoms with Gasteiger partial charge in [-0.2, -0.15) is 0 Å². The van der Waals surface area contributed by atoms with Gasteiger partial charge in [-0.15, -0.1) is 0 Å². The van der Waals surface area contributed by atoms with Crippen LogP contribution in [0.4, 0.5) is 5.69 Å². The molecule has 0 N–H and O–H groups in total. The second kappa shape index (κ2) is 10.6. The summed E-state index contributed by atoms with van der Waals surface area (Å²) >= 11 is 0. The molecule has 1 aliphatic heterocycles. The van der Waals surface area contributed by atoms with Gasteiger partial charge in [0.2, 0.25) is 5.91 Å². The van der Waals surface area contributed by atoms with Crippen LogP contribution < -0.4 is 9.64 Å². The lowest BCUT2D eigenvalue weighted by molar-refractivity contribution is -0.117. The second-order valence-corrected chi connectivity index (χ2v) is 9.93. The van der Waals surface area contributed by atoms with Crippen molar-refractivity contribution in [2.75, 3.05) is 18.1 Å². The molecule has 1 aromatic heterocycles. The fraction of sp³-hybridized carbons (Fsp3) is 0.355. The van der Waals surface area contributed by atoms with Crippen LogP contribution in [0.1, 0.15) is 62.4 Å².